The number of carboxylic acids is 5. The van der Waals surface area contributed by atoms with Gasteiger partial charge in [-0.05, 0) is 17.7 Å². The monoisotopic (exact) mass is 666 g/mol. The van der Waals surface area contributed by atoms with E-state index in [0.29, 0.717) is 11.3 Å². The lowest BCUT2D eigenvalue weighted by molar-refractivity contribution is -0.143. The summed E-state index contributed by atoms with van der Waals surface area (Å²) in [5, 5.41) is 48.7. The second kappa shape index (κ2) is 19.9. The first kappa shape index (κ1) is 38.7. The van der Waals surface area contributed by atoms with Crippen LogP contribution in [-0.4, -0.2) is 190 Å². The predicted octanol–water partition coefficient (Wildman–Crippen LogP) is -2.32. The molecule has 260 valence electrons. The molecule has 0 bridgehead atoms. The molecule has 1 aliphatic heterocycles. The summed E-state index contributed by atoms with van der Waals surface area (Å²) < 4.78 is 0. The van der Waals surface area contributed by atoms with Gasteiger partial charge in [-0.1, -0.05) is 12.1 Å². The van der Waals surface area contributed by atoms with Crippen LogP contribution >= 0.6 is 0 Å². The molecule has 0 aliphatic carbocycles. The van der Waals surface area contributed by atoms with Gasteiger partial charge in [-0.25, -0.2) is 0 Å². The molecule has 18 nitrogen and oxygen atoms in total. The van der Waals surface area contributed by atoms with Gasteiger partial charge in [0, 0.05) is 64.5 Å². The quantitative estimate of drug-likeness (QED) is 0.102. The molecule has 0 radical (unpaired) electrons. The molecule has 0 spiro atoms. The molecule has 0 saturated carbocycles. The first-order chi connectivity index (χ1) is 22.2. The third-order valence-corrected chi connectivity index (χ3v) is 7.13. The standard InChI is InChI=1S/C29H42N6O12/c36-23(14-35(19-28(44)45)20-29(46)47)13-21-1-3-22(4-2-21)30-24(37)15-31-5-7-32(16-25(38)39)9-11-34(18-27(42)43)12-10-33(8-6-31)17-26(40)41/h1-4H,5-20H2,(H,30,37)(H,38,39)(H,40,41)(H,42,43)(H,44,45)(H,46,47). The normalized spacial score (nSPS) is 16.1. The number of rotatable bonds is 17. The van der Waals surface area contributed by atoms with Crippen molar-refractivity contribution in [2.45, 2.75) is 6.42 Å². The van der Waals surface area contributed by atoms with Gasteiger partial charge in [0.25, 0.3) is 0 Å². The SMILES string of the molecule is O=C(O)CN1CCN(CC(=O)O)CCN(CC(=O)Nc2ccc(CC(=O)CN(CC(=O)O)CC(=O)O)cc2)CCN(CC(=O)O)CC1. The number of Topliss-reactive ketones (excluding diaryl/α,β-unsaturated/α-hetero) is 1. The number of carbonyl (C=O) groups excluding carboxylic acids is 2. The summed E-state index contributed by atoms with van der Waals surface area (Å²) in [4.78, 5) is 89.4. The molecular formula is C29H42N6O12. The van der Waals surface area contributed by atoms with Crippen molar-refractivity contribution in [2.75, 3.05) is 103 Å². The van der Waals surface area contributed by atoms with Gasteiger partial charge in [0.1, 0.15) is 0 Å². The van der Waals surface area contributed by atoms with Crippen LogP contribution in [-0.2, 0) is 40.0 Å². The third kappa shape index (κ3) is 17.1. The average molecular weight is 667 g/mol. The number of ketones is 1. The van der Waals surface area contributed by atoms with Crippen LogP contribution in [0.5, 0.6) is 0 Å². The minimum Gasteiger partial charge on any atom is -0.480 e. The summed E-state index contributed by atoms with van der Waals surface area (Å²) >= 11 is 0. The number of amides is 1. The van der Waals surface area contributed by atoms with Crippen LogP contribution in [0, 0.1) is 0 Å². The lowest BCUT2D eigenvalue weighted by atomic mass is 10.1. The van der Waals surface area contributed by atoms with Crippen molar-refractivity contribution in [3.05, 3.63) is 29.8 Å². The van der Waals surface area contributed by atoms with E-state index in [0.717, 1.165) is 4.90 Å². The Labute approximate surface area is 270 Å². The molecule has 0 unspecified atom stereocenters. The summed E-state index contributed by atoms with van der Waals surface area (Å²) in [5.74, 6) is -6.45. The largest absolute Gasteiger partial charge is 0.480 e. The van der Waals surface area contributed by atoms with E-state index < -0.39 is 42.9 Å². The number of nitrogens with zero attached hydrogens (tertiary/aromatic N) is 5. The second-order valence-electron chi connectivity index (χ2n) is 11.2. The minimum atomic E-state index is -1.26. The highest BCUT2D eigenvalue weighted by molar-refractivity contribution is 5.92. The summed E-state index contributed by atoms with van der Waals surface area (Å²) in [6.45, 7) is -0.369. The number of benzene rings is 1. The van der Waals surface area contributed by atoms with Gasteiger partial charge >= 0.3 is 29.8 Å². The fraction of sp³-hybridized carbons (Fsp3) is 0.552. The van der Waals surface area contributed by atoms with Crippen LogP contribution in [0.25, 0.3) is 0 Å². The van der Waals surface area contributed by atoms with Gasteiger partial charge in [0.05, 0.1) is 45.8 Å². The van der Waals surface area contributed by atoms with Crippen LogP contribution in [0.3, 0.4) is 0 Å². The predicted molar refractivity (Wildman–Crippen MR) is 164 cm³/mol. The van der Waals surface area contributed by atoms with Crippen molar-refractivity contribution in [1.29, 1.82) is 0 Å². The van der Waals surface area contributed by atoms with E-state index >= 15 is 0 Å². The first-order valence-corrected chi connectivity index (χ1v) is 14.8. The highest BCUT2D eigenvalue weighted by atomic mass is 16.4. The van der Waals surface area contributed by atoms with E-state index in [1.54, 1.807) is 43.9 Å². The highest BCUT2D eigenvalue weighted by Crippen LogP contribution is 2.11. The molecule has 0 aromatic heterocycles. The zero-order valence-electron chi connectivity index (χ0n) is 26.0. The maximum atomic E-state index is 13.0. The van der Waals surface area contributed by atoms with E-state index in [2.05, 4.69) is 5.32 Å². The van der Waals surface area contributed by atoms with Crippen LogP contribution in [0.1, 0.15) is 5.56 Å². The number of hydrogen-bond donors (Lipinski definition) is 6. The number of carboxylic acid groups (broad SMARTS) is 5. The Morgan fingerprint density at radius 3 is 1.23 bits per heavy atom. The molecule has 1 heterocycles. The van der Waals surface area contributed by atoms with Gasteiger partial charge in [-0.15, -0.1) is 0 Å². The topological polar surface area (TPSA) is 249 Å². The van der Waals surface area contributed by atoms with Crippen LogP contribution in [0.4, 0.5) is 5.69 Å². The van der Waals surface area contributed by atoms with E-state index in [9.17, 15) is 48.9 Å². The number of carbonyl (C=O) groups is 7. The van der Waals surface area contributed by atoms with Crippen LogP contribution in [0.2, 0.25) is 0 Å². The van der Waals surface area contributed by atoms with Gasteiger partial charge in [0.2, 0.25) is 5.91 Å². The van der Waals surface area contributed by atoms with E-state index in [-0.39, 0.29) is 103 Å². The van der Waals surface area contributed by atoms with Crippen molar-refractivity contribution in [3.8, 4) is 0 Å². The number of nitrogens with one attached hydrogen (secondary N) is 1. The van der Waals surface area contributed by atoms with Crippen molar-refractivity contribution in [3.63, 3.8) is 0 Å². The van der Waals surface area contributed by atoms with Gasteiger partial charge in [-0.3, -0.25) is 58.1 Å². The molecule has 1 aliphatic rings. The van der Waals surface area contributed by atoms with E-state index in [1.807, 2.05) is 0 Å². The minimum absolute atomic E-state index is 0.0779. The maximum Gasteiger partial charge on any atom is 0.317 e. The molecule has 1 aromatic rings. The van der Waals surface area contributed by atoms with Crippen molar-refractivity contribution < 1.29 is 59.1 Å². The Morgan fingerprint density at radius 1 is 0.532 bits per heavy atom. The summed E-state index contributed by atoms with van der Waals surface area (Å²) in [5.41, 5.74) is 0.998. The van der Waals surface area contributed by atoms with E-state index in [1.165, 1.54) is 0 Å². The van der Waals surface area contributed by atoms with Gasteiger partial charge in [-0.2, -0.15) is 0 Å². The Hall–Kier alpha value is -4.49. The summed E-state index contributed by atoms with van der Waals surface area (Å²) in [6, 6.07) is 6.36. The molecule has 1 saturated heterocycles. The first-order valence-electron chi connectivity index (χ1n) is 14.8. The van der Waals surface area contributed by atoms with Gasteiger partial charge < -0.3 is 30.8 Å². The van der Waals surface area contributed by atoms with Crippen molar-refractivity contribution >= 4 is 47.2 Å². The molecule has 6 N–H and O–H groups in total. The zero-order chi connectivity index (χ0) is 34.9. The third-order valence-electron chi connectivity index (χ3n) is 7.13. The van der Waals surface area contributed by atoms with Crippen LogP contribution < -0.4 is 5.32 Å². The molecular weight excluding hydrogens is 624 g/mol. The molecule has 1 amide bonds. The number of aliphatic carboxylic acids is 5. The lowest BCUT2D eigenvalue weighted by Crippen LogP contribution is -2.49. The van der Waals surface area contributed by atoms with Gasteiger partial charge in [0.15, 0.2) is 5.78 Å². The fourth-order valence-corrected chi connectivity index (χ4v) is 4.98. The highest BCUT2D eigenvalue weighted by Gasteiger charge is 2.22. The van der Waals surface area contributed by atoms with Crippen LogP contribution in [0.15, 0.2) is 24.3 Å². The smallest absolute Gasteiger partial charge is 0.317 e. The summed E-state index contributed by atoms with van der Waals surface area (Å²) in [7, 11) is 0. The Kier molecular flexibility index (Phi) is 16.4. The maximum absolute atomic E-state index is 13.0. The zero-order valence-corrected chi connectivity index (χ0v) is 26.0. The number of anilines is 1. The lowest BCUT2D eigenvalue weighted by Gasteiger charge is -2.32. The molecule has 0 atom stereocenters. The molecule has 47 heavy (non-hydrogen) atoms. The molecule has 1 fully saturated rings. The summed E-state index contributed by atoms with van der Waals surface area (Å²) in [6.07, 6.45) is -0.0779. The Balaban J connectivity index is 2.04. The Bertz CT molecular complexity index is 1210. The second-order valence-corrected chi connectivity index (χ2v) is 11.2. The number of hydrogen-bond acceptors (Lipinski definition) is 12. The fourth-order valence-electron chi connectivity index (χ4n) is 4.98. The molecule has 1 aromatic carbocycles. The van der Waals surface area contributed by atoms with Crippen molar-refractivity contribution in [1.82, 2.24) is 24.5 Å². The van der Waals surface area contributed by atoms with Crippen molar-refractivity contribution in [2.24, 2.45) is 0 Å². The Morgan fingerprint density at radius 2 is 0.894 bits per heavy atom. The average Bonchev–Trinajstić information content (AvgIpc) is 2.94. The van der Waals surface area contributed by atoms with E-state index in [4.69, 9.17) is 10.2 Å². The molecule has 2 rings (SSSR count). The molecule has 18 heteroatoms.